The lowest BCUT2D eigenvalue weighted by molar-refractivity contribution is 0.435. The molecule has 0 saturated carbocycles. The third-order valence-corrected chi connectivity index (χ3v) is 5.14. The van der Waals surface area contributed by atoms with Crippen LogP contribution in [-0.2, 0) is 6.54 Å². The minimum Gasteiger partial charge on any atom is -0.508 e. The summed E-state index contributed by atoms with van der Waals surface area (Å²) in [7, 11) is 0. The molecule has 0 spiro atoms. The van der Waals surface area contributed by atoms with Gasteiger partial charge in [0.2, 0.25) is 0 Å². The van der Waals surface area contributed by atoms with Crippen molar-refractivity contribution in [1.29, 1.82) is 0 Å². The van der Waals surface area contributed by atoms with Gasteiger partial charge in [0.25, 0.3) is 0 Å². The Kier molecular flexibility index (Phi) is 7.04. The fourth-order valence-corrected chi connectivity index (χ4v) is 3.62. The second-order valence-electron chi connectivity index (χ2n) is 7.15. The van der Waals surface area contributed by atoms with Crippen LogP contribution in [0.15, 0.2) is 97.3 Å². The molecule has 0 aliphatic heterocycles. The molecule has 2 N–H and O–H groups in total. The number of hydrogen-bond acceptors (Lipinski definition) is 2. The first-order valence-corrected chi connectivity index (χ1v) is 10.2. The Balaban J connectivity index is 2.05. The molecule has 2 heteroatoms. The topological polar surface area (TPSA) is 32.3 Å². The molecule has 1 unspecified atom stereocenters. The minimum atomic E-state index is 0.224. The van der Waals surface area contributed by atoms with Crippen molar-refractivity contribution in [2.45, 2.75) is 32.9 Å². The number of rotatable bonds is 8. The Bertz CT molecular complexity index is 1030. The van der Waals surface area contributed by atoms with Gasteiger partial charge >= 0.3 is 0 Å². The van der Waals surface area contributed by atoms with Crippen LogP contribution in [0.2, 0.25) is 0 Å². The summed E-state index contributed by atoms with van der Waals surface area (Å²) in [5, 5.41) is 16.7. The van der Waals surface area contributed by atoms with E-state index in [1.54, 1.807) is 6.08 Å². The Morgan fingerprint density at radius 1 is 1.03 bits per heavy atom. The second kappa shape index (κ2) is 9.90. The van der Waals surface area contributed by atoms with E-state index in [2.05, 4.69) is 67.4 Å². The molecule has 3 aromatic carbocycles. The number of nitrogens with one attached hydrogen (secondary N) is 1. The van der Waals surface area contributed by atoms with E-state index in [1.165, 1.54) is 5.56 Å². The summed E-state index contributed by atoms with van der Waals surface area (Å²) >= 11 is 0. The van der Waals surface area contributed by atoms with Crippen LogP contribution in [0.5, 0.6) is 0 Å². The number of benzene rings is 3. The molecule has 0 saturated heterocycles. The summed E-state index contributed by atoms with van der Waals surface area (Å²) in [6, 6.07) is 23.3. The van der Waals surface area contributed by atoms with E-state index in [0.717, 1.165) is 33.9 Å². The van der Waals surface area contributed by atoms with Crippen molar-refractivity contribution in [3.05, 3.63) is 114 Å². The van der Waals surface area contributed by atoms with Gasteiger partial charge in [-0.15, -0.1) is 0 Å². The molecule has 0 aliphatic carbocycles. The Labute approximate surface area is 173 Å². The van der Waals surface area contributed by atoms with Crippen LogP contribution < -0.4 is 5.32 Å². The van der Waals surface area contributed by atoms with Crippen LogP contribution in [0.1, 0.15) is 43.0 Å². The average Bonchev–Trinajstić information content (AvgIpc) is 2.76. The molecule has 0 amide bonds. The number of fused-ring (bicyclic) bond motifs is 1. The summed E-state index contributed by atoms with van der Waals surface area (Å²) < 4.78 is 0. The molecule has 0 fully saturated rings. The predicted molar refractivity (Wildman–Crippen MR) is 125 cm³/mol. The molecule has 0 bridgehead atoms. The smallest absolute Gasteiger partial charge is 0.119 e. The molecule has 0 aliphatic rings. The minimum absolute atomic E-state index is 0.224. The third-order valence-electron chi connectivity index (χ3n) is 5.14. The highest BCUT2D eigenvalue weighted by Gasteiger charge is 2.16. The van der Waals surface area contributed by atoms with Gasteiger partial charge < -0.3 is 10.4 Å². The molecule has 0 heterocycles. The van der Waals surface area contributed by atoms with Crippen LogP contribution in [0, 0.1) is 0 Å². The first-order chi connectivity index (χ1) is 14.2. The lowest BCUT2D eigenvalue weighted by atomic mass is 9.91. The van der Waals surface area contributed by atoms with E-state index < -0.39 is 0 Å². The Hall–Kier alpha value is -3.10. The summed E-state index contributed by atoms with van der Waals surface area (Å²) in [5.41, 5.74) is 4.27. The molecule has 0 radical (unpaired) electrons. The number of allylic oxidation sites excluding steroid dienone is 4. The average molecular weight is 384 g/mol. The van der Waals surface area contributed by atoms with Gasteiger partial charge in [0.15, 0.2) is 0 Å². The molecule has 0 aromatic heterocycles. The monoisotopic (exact) mass is 383 g/mol. The van der Waals surface area contributed by atoms with Gasteiger partial charge in [-0.2, -0.15) is 0 Å². The predicted octanol–water partition coefficient (Wildman–Crippen LogP) is 7.11. The normalized spacial score (nSPS) is 13.4. The molecule has 3 aromatic rings. The Morgan fingerprint density at radius 2 is 1.76 bits per heavy atom. The van der Waals surface area contributed by atoms with Crippen LogP contribution in [0.3, 0.4) is 0 Å². The van der Waals surface area contributed by atoms with E-state index in [-0.39, 0.29) is 6.04 Å². The zero-order valence-corrected chi connectivity index (χ0v) is 17.2. The second-order valence-corrected chi connectivity index (χ2v) is 7.15. The van der Waals surface area contributed by atoms with Crippen molar-refractivity contribution < 1.29 is 5.11 Å². The van der Waals surface area contributed by atoms with Crippen molar-refractivity contribution >= 4 is 16.3 Å². The zero-order valence-electron chi connectivity index (χ0n) is 17.2. The standard InChI is InChI=1S/C27H29NO/c1-4-11-25(26(29)12-5-2)27-23(18-17-22-15-9-10-16-24(22)27)19-28-20(3)21-13-7-6-8-14-21/h4,6-18,20,28-29H,1,5,19H2,2-3H3/b25-11+,26-12+. The van der Waals surface area contributed by atoms with E-state index >= 15 is 0 Å². The number of aliphatic hydroxyl groups excluding tert-OH is 1. The fourth-order valence-electron chi connectivity index (χ4n) is 3.62. The molecule has 29 heavy (non-hydrogen) atoms. The highest BCUT2D eigenvalue weighted by Crippen LogP contribution is 2.33. The van der Waals surface area contributed by atoms with Crippen molar-refractivity contribution in [3.8, 4) is 0 Å². The number of hydrogen-bond donors (Lipinski definition) is 2. The maximum atomic E-state index is 10.8. The van der Waals surface area contributed by atoms with Crippen LogP contribution in [0.4, 0.5) is 0 Å². The van der Waals surface area contributed by atoms with Gasteiger partial charge in [-0.05, 0) is 46.9 Å². The molecule has 2 nitrogen and oxygen atoms in total. The summed E-state index contributed by atoms with van der Waals surface area (Å²) in [6.07, 6.45) is 6.25. The summed E-state index contributed by atoms with van der Waals surface area (Å²) in [4.78, 5) is 0. The van der Waals surface area contributed by atoms with Gasteiger partial charge in [-0.25, -0.2) is 0 Å². The first-order valence-electron chi connectivity index (χ1n) is 10.2. The molecule has 148 valence electrons. The van der Waals surface area contributed by atoms with Gasteiger partial charge in [-0.3, -0.25) is 0 Å². The van der Waals surface area contributed by atoms with E-state index in [4.69, 9.17) is 0 Å². The van der Waals surface area contributed by atoms with Crippen LogP contribution in [-0.4, -0.2) is 5.11 Å². The molecular formula is C27H29NO. The van der Waals surface area contributed by atoms with Crippen molar-refractivity contribution in [1.82, 2.24) is 5.32 Å². The molecular weight excluding hydrogens is 354 g/mol. The third kappa shape index (κ3) is 4.85. The van der Waals surface area contributed by atoms with E-state index in [1.807, 2.05) is 37.3 Å². The summed E-state index contributed by atoms with van der Waals surface area (Å²) in [6.45, 7) is 8.75. The first kappa shape index (κ1) is 20.6. The van der Waals surface area contributed by atoms with Gasteiger partial charge in [0, 0.05) is 18.2 Å². The maximum absolute atomic E-state index is 10.8. The summed E-state index contributed by atoms with van der Waals surface area (Å²) in [5.74, 6) is 0.293. The van der Waals surface area contributed by atoms with Crippen molar-refractivity contribution in [3.63, 3.8) is 0 Å². The van der Waals surface area contributed by atoms with Crippen LogP contribution in [0.25, 0.3) is 16.3 Å². The maximum Gasteiger partial charge on any atom is 0.119 e. The SMILES string of the molecule is C=C/C=C(\C(O)=C/CC)c1c(CNC(C)c2ccccc2)ccc2ccccc12. The Morgan fingerprint density at radius 3 is 2.48 bits per heavy atom. The fraction of sp³-hybridized carbons (Fsp3) is 0.185. The number of aliphatic hydroxyl groups is 1. The van der Waals surface area contributed by atoms with Crippen LogP contribution >= 0.6 is 0 Å². The van der Waals surface area contributed by atoms with Crippen molar-refractivity contribution in [2.75, 3.05) is 0 Å². The largest absolute Gasteiger partial charge is 0.508 e. The van der Waals surface area contributed by atoms with E-state index in [0.29, 0.717) is 12.3 Å². The highest BCUT2D eigenvalue weighted by atomic mass is 16.3. The lowest BCUT2D eigenvalue weighted by Crippen LogP contribution is -2.19. The highest BCUT2D eigenvalue weighted by molar-refractivity contribution is 5.98. The van der Waals surface area contributed by atoms with Crippen molar-refractivity contribution in [2.24, 2.45) is 0 Å². The van der Waals surface area contributed by atoms with Gasteiger partial charge in [0.05, 0.1) is 0 Å². The van der Waals surface area contributed by atoms with E-state index in [9.17, 15) is 5.11 Å². The lowest BCUT2D eigenvalue weighted by Gasteiger charge is -2.19. The van der Waals surface area contributed by atoms with Gasteiger partial charge in [-0.1, -0.05) is 92.4 Å². The molecule has 3 rings (SSSR count). The zero-order chi connectivity index (χ0) is 20.6. The molecule has 1 atom stereocenters. The quantitative estimate of drug-likeness (QED) is 0.321. The van der Waals surface area contributed by atoms with Gasteiger partial charge in [0.1, 0.15) is 5.76 Å².